The van der Waals surface area contributed by atoms with Gasteiger partial charge in [-0.15, -0.1) is 0 Å². The molecule has 0 fully saturated rings. The fourth-order valence-electron chi connectivity index (χ4n) is 1.20. The predicted octanol–water partition coefficient (Wildman–Crippen LogP) is -1.13. The molecule has 0 aromatic carbocycles. The van der Waals surface area contributed by atoms with Gasteiger partial charge in [-0.05, 0) is 0 Å². The fraction of sp³-hybridized carbons (Fsp3) is 1.00. The minimum Gasteiger partial charge on any atom is -0.395 e. The molecule has 0 aliphatic carbocycles. The van der Waals surface area contributed by atoms with Crippen molar-refractivity contribution in [1.29, 1.82) is 0 Å². The summed E-state index contributed by atoms with van der Waals surface area (Å²) >= 11 is 0. The van der Waals surface area contributed by atoms with Crippen LogP contribution in [0, 0.1) is 5.41 Å². The van der Waals surface area contributed by atoms with Crippen molar-refractivity contribution < 1.29 is 47.8 Å². The van der Waals surface area contributed by atoms with Crippen molar-refractivity contribution >= 4 is 15.4 Å². The van der Waals surface area contributed by atoms with Crippen LogP contribution in [-0.2, 0) is 22.7 Å². The highest BCUT2D eigenvalue weighted by Gasteiger charge is 2.52. The van der Waals surface area contributed by atoms with Crippen LogP contribution in [0.1, 0.15) is 0 Å². The Kier molecular flexibility index (Phi) is 7.29. The van der Waals surface area contributed by atoms with E-state index in [2.05, 4.69) is 13.6 Å². The summed E-state index contributed by atoms with van der Waals surface area (Å²) in [5.74, 6) is -2.27. The van der Waals surface area contributed by atoms with E-state index in [4.69, 9.17) is 15.3 Å². The summed E-state index contributed by atoms with van der Waals surface area (Å²) in [7, 11) is -7.57. The summed E-state index contributed by atoms with van der Waals surface area (Å²) in [5.41, 5.74) is -2.12. The van der Waals surface area contributed by atoms with Crippen LogP contribution < -0.4 is 0 Å². The maximum Gasteiger partial charge on any atom is 0.475 e. The van der Waals surface area contributed by atoms with Gasteiger partial charge >= 0.3 is 15.4 Å². The van der Waals surface area contributed by atoms with Gasteiger partial charge in [0.1, 0.15) is 0 Å². The molecule has 1 atom stereocenters. The number of phosphoric acid groups is 1. The smallest absolute Gasteiger partial charge is 0.395 e. The van der Waals surface area contributed by atoms with Crippen molar-refractivity contribution in [3.63, 3.8) is 0 Å². The Labute approximate surface area is 109 Å². The van der Waals surface area contributed by atoms with E-state index in [0.29, 0.717) is 0 Å². The first-order valence-electron chi connectivity index (χ1n) is 4.92. The molecule has 1 unspecified atom stereocenters. The zero-order chi connectivity index (χ0) is 15.3. The van der Waals surface area contributed by atoms with Gasteiger partial charge in [0.15, 0.2) is 5.85 Å². The second-order valence-corrected chi connectivity index (χ2v) is 7.18. The van der Waals surface area contributed by atoms with Gasteiger partial charge in [-0.3, -0.25) is 18.1 Å². The number of rotatable bonds is 9. The predicted molar refractivity (Wildman–Crippen MR) is 62.2 cm³/mol. The van der Waals surface area contributed by atoms with Gasteiger partial charge in [0, 0.05) is 14.2 Å². The molecule has 5 N–H and O–H groups in total. The van der Waals surface area contributed by atoms with E-state index in [-0.39, 0.29) is 0 Å². The normalized spacial score (nSPS) is 15.5. The maximum absolute atomic E-state index is 11.7. The van der Waals surface area contributed by atoms with Crippen LogP contribution >= 0.6 is 15.4 Å². The number of aliphatic hydroxyl groups excluding tert-OH is 3. The average Bonchev–Trinajstić information content (AvgIpc) is 2.38. The van der Waals surface area contributed by atoms with Crippen LogP contribution in [0.3, 0.4) is 0 Å². The molecule has 19 heavy (non-hydrogen) atoms. The van der Waals surface area contributed by atoms with Crippen molar-refractivity contribution in [3.8, 4) is 0 Å². The van der Waals surface area contributed by atoms with E-state index in [0.717, 1.165) is 14.2 Å². The van der Waals surface area contributed by atoms with E-state index in [1.807, 2.05) is 0 Å². The van der Waals surface area contributed by atoms with Gasteiger partial charge in [-0.25, -0.2) is 4.57 Å². The first-order valence-corrected chi connectivity index (χ1v) is 8.06. The largest absolute Gasteiger partial charge is 0.475 e. The molecule has 116 valence electrons. The molecule has 0 aliphatic heterocycles. The summed E-state index contributed by atoms with van der Waals surface area (Å²) < 4.78 is 36.5. The first kappa shape index (κ1) is 19.1. The summed E-state index contributed by atoms with van der Waals surface area (Å²) in [6.45, 7) is -3.07. The van der Waals surface area contributed by atoms with Crippen LogP contribution in [0.4, 0.5) is 0 Å². The molecule has 0 saturated heterocycles. The first-order chi connectivity index (χ1) is 8.64. The number of phosphoric ester groups is 1. The summed E-state index contributed by atoms with van der Waals surface area (Å²) in [6, 6.07) is 0. The molecule has 0 amide bonds. The third-order valence-corrected chi connectivity index (χ3v) is 5.24. The SMILES string of the molecule is COP(=O)(OC)OC(C(CO)(CO)CO)P(=O)(O)O. The molecule has 0 bridgehead atoms. The molecule has 10 nitrogen and oxygen atoms in total. The van der Waals surface area contributed by atoms with Crippen molar-refractivity contribution in [2.24, 2.45) is 5.41 Å². The molecule has 0 aliphatic rings. The summed E-state index contributed by atoms with van der Waals surface area (Å²) in [4.78, 5) is 18.4. The van der Waals surface area contributed by atoms with Gasteiger partial charge < -0.3 is 25.1 Å². The van der Waals surface area contributed by atoms with E-state index in [1.165, 1.54) is 0 Å². The maximum atomic E-state index is 11.7. The lowest BCUT2D eigenvalue weighted by atomic mass is 9.92. The van der Waals surface area contributed by atoms with Crippen molar-refractivity contribution in [3.05, 3.63) is 0 Å². The molecule has 0 heterocycles. The second-order valence-electron chi connectivity index (χ2n) is 3.70. The molecule has 0 aromatic heterocycles. The third kappa shape index (κ3) is 4.57. The quantitative estimate of drug-likeness (QED) is 0.328. The van der Waals surface area contributed by atoms with E-state index in [1.54, 1.807) is 0 Å². The average molecular weight is 324 g/mol. The highest BCUT2D eigenvalue weighted by Crippen LogP contribution is 2.59. The Morgan fingerprint density at radius 2 is 1.37 bits per heavy atom. The Balaban J connectivity index is 5.59. The Hall–Kier alpha value is 0.140. The zero-order valence-electron chi connectivity index (χ0n) is 10.4. The van der Waals surface area contributed by atoms with Gasteiger partial charge in [0.25, 0.3) is 0 Å². The molecule has 0 saturated carbocycles. The third-order valence-electron chi connectivity index (χ3n) is 2.45. The van der Waals surface area contributed by atoms with Gasteiger partial charge in [-0.1, -0.05) is 0 Å². The molecule has 0 aromatic rings. The van der Waals surface area contributed by atoms with Crippen molar-refractivity contribution in [2.75, 3.05) is 34.0 Å². The van der Waals surface area contributed by atoms with E-state index >= 15 is 0 Å². The van der Waals surface area contributed by atoms with Gasteiger partial charge in [-0.2, -0.15) is 0 Å². The molecule has 0 rings (SSSR count). The molecule has 0 radical (unpaired) electrons. The minimum absolute atomic E-state index is 0.916. The zero-order valence-corrected chi connectivity index (χ0v) is 12.2. The van der Waals surface area contributed by atoms with Crippen LogP contribution in [0.15, 0.2) is 0 Å². The summed E-state index contributed by atoms with van der Waals surface area (Å²) in [5, 5.41) is 27.4. The lowest BCUT2D eigenvalue weighted by Crippen LogP contribution is -2.46. The standard InChI is InChI=1S/C7H18O10P2/c1-15-19(14,16-2)17-6(18(11,12)13)7(3-8,4-9)5-10/h6,8-10H,3-5H2,1-2H3,(H2,11,12,13). The molecule has 0 spiro atoms. The number of aliphatic hydroxyl groups is 3. The Morgan fingerprint density at radius 3 is 1.58 bits per heavy atom. The highest BCUT2D eigenvalue weighted by atomic mass is 31.2. The second kappa shape index (κ2) is 7.24. The lowest BCUT2D eigenvalue weighted by molar-refractivity contribution is -0.0590. The van der Waals surface area contributed by atoms with Gasteiger partial charge in [0.2, 0.25) is 0 Å². The number of hydrogen-bond donors (Lipinski definition) is 5. The van der Waals surface area contributed by atoms with Crippen molar-refractivity contribution in [1.82, 2.24) is 0 Å². The Bertz CT molecular complexity index is 345. The molecular formula is C7H18O10P2. The van der Waals surface area contributed by atoms with Crippen LogP contribution in [0.2, 0.25) is 0 Å². The van der Waals surface area contributed by atoms with Crippen LogP contribution in [0.25, 0.3) is 0 Å². The van der Waals surface area contributed by atoms with E-state index < -0.39 is 46.5 Å². The topological polar surface area (TPSA) is 163 Å². The van der Waals surface area contributed by atoms with E-state index in [9.17, 15) is 18.9 Å². The highest BCUT2D eigenvalue weighted by molar-refractivity contribution is 7.54. The molecular weight excluding hydrogens is 306 g/mol. The number of hydrogen-bond acceptors (Lipinski definition) is 8. The fourth-order valence-corrected chi connectivity index (χ4v) is 3.78. The van der Waals surface area contributed by atoms with Crippen LogP contribution in [0.5, 0.6) is 0 Å². The minimum atomic E-state index is -5.10. The summed E-state index contributed by atoms with van der Waals surface area (Å²) in [6.07, 6.45) is 0. The van der Waals surface area contributed by atoms with Gasteiger partial charge in [0.05, 0.1) is 25.2 Å². The lowest BCUT2D eigenvalue weighted by Gasteiger charge is -2.36. The van der Waals surface area contributed by atoms with Crippen LogP contribution in [-0.4, -0.2) is 65.0 Å². The van der Waals surface area contributed by atoms with Crippen molar-refractivity contribution in [2.45, 2.75) is 5.85 Å². The molecule has 12 heteroatoms. The monoisotopic (exact) mass is 324 g/mol. The Morgan fingerprint density at radius 1 is 1.00 bits per heavy atom.